The molecule has 0 aliphatic carbocycles. The van der Waals surface area contributed by atoms with Gasteiger partial charge in [0.25, 0.3) is 5.91 Å². The fourth-order valence-electron chi connectivity index (χ4n) is 3.11. The van der Waals surface area contributed by atoms with E-state index in [0.717, 1.165) is 23.3 Å². The van der Waals surface area contributed by atoms with Crippen molar-refractivity contribution >= 4 is 11.9 Å². The summed E-state index contributed by atoms with van der Waals surface area (Å²) < 4.78 is 32.2. The molecule has 4 nitrogen and oxygen atoms in total. The van der Waals surface area contributed by atoms with E-state index in [4.69, 9.17) is 4.74 Å². The zero-order valence-electron chi connectivity index (χ0n) is 15.1. The number of amides is 1. The summed E-state index contributed by atoms with van der Waals surface area (Å²) in [5.41, 5.74) is 1.91. The number of hydrogen-bond donors (Lipinski definition) is 0. The molecule has 1 fully saturated rings. The van der Waals surface area contributed by atoms with Crippen LogP contribution in [-0.2, 0) is 16.1 Å². The van der Waals surface area contributed by atoms with Gasteiger partial charge in [-0.1, -0.05) is 29.8 Å². The molecule has 1 aliphatic rings. The molecule has 27 heavy (non-hydrogen) atoms. The average molecular weight is 373 g/mol. The molecule has 0 atom stereocenters. The van der Waals surface area contributed by atoms with Gasteiger partial charge in [0.1, 0.15) is 18.2 Å². The van der Waals surface area contributed by atoms with Gasteiger partial charge in [-0.2, -0.15) is 0 Å². The fraction of sp³-hybridized carbons (Fsp3) is 0.333. The van der Waals surface area contributed by atoms with Crippen LogP contribution in [0, 0.1) is 24.5 Å². The summed E-state index contributed by atoms with van der Waals surface area (Å²) in [4.78, 5) is 26.1. The second-order valence-corrected chi connectivity index (χ2v) is 6.78. The predicted molar refractivity (Wildman–Crippen MR) is 96.0 cm³/mol. The summed E-state index contributed by atoms with van der Waals surface area (Å²) in [5, 5.41) is 0. The molecule has 3 rings (SSSR count). The van der Waals surface area contributed by atoms with Crippen LogP contribution in [0.1, 0.15) is 34.3 Å². The topological polar surface area (TPSA) is 46.6 Å². The monoisotopic (exact) mass is 373 g/mol. The molecule has 0 aromatic heterocycles. The number of esters is 1. The third-order valence-electron chi connectivity index (χ3n) is 4.78. The summed E-state index contributed by atoms with van der Waals surface area (Å²) in [6.07, 6.45) is 0.919. The van der Waals surface area contributed by atoms with Crippen molar-refractivity contribution < 1.29 is 23.1 Å². The Hall–Kier alpha value is -2.76. The first kappa shape index (κ1) is 19.0. The fourth-order valence-corrected chi connectivity index (χ4v) is 3.11. The molecule has 0 saturated carbocycles. The van der Waals surface area contributed by atoms with E-state index in [1.54, 1.807) is 0 Å². The van der Waals surface area contributed by atoms with Gasteiger partial charge in [-0.3, -0.25) is 9.59 Å². The SMILES string of the molecule is Cc1ccc(COC(=O)C2CCN(C(=O)c3ccc(F)cc3F)CC2)cc1. The number of piperidine rings is 1. The lowest BCUT2D eigenvalue weighted by molar-refractivity contribution is -0.151. The lowest BCUT2D eigenvalue weighted by atomic mass is 9.96. The second kappa shape index (κ2) is 8.29. The van der Waals surface area contributed by atoms with Crippen LogP contribution in [-0.4, -0.2) is 29.9 Å². The van der Waals surface area contributed by atoms with E-state index >= 15 is 0 Å². The Labute approximate surface area is 156 Å². The number of likely N-dealkylation sites (tertiary alicyclic amines) is 1. The third-order valence-corrected chi connectivity index (χ3v) is 4.78. The quantitative estimate of drug-likeness (QED) is 0.765. The van der Waals surface area contributed by atoms with Gasteiger partial charge in [0.15, 0.2) is 0 Å². The second-order valence-electron chi connectivity index (χ2n) is 6.78. The Morgan fingerprint density at radius 2 is 1.74 bits per heavy atom. The number of carbonyl (C=O) groups excluding carboxylic acids is 2. The summed E-state index contributed by atoms with van der Waals surface area (Å²) in [7, 11) is 0. The molecule has 142 valence electrons. The van der Waals surface area contributed by atoms with E-state index in [1.165, 1.54) is 4.90 Å². The Kier molecular flexibility index (Phi) is 5.84. The van der Waals surface area contributed by atoms with Crippen molar-refractivity contribution in [3.8, 4) is 0 Å². The molecule has 2 aromatic carbocycles. The highest BCUT2D eigenvalue weighted by Gasteiger charge is 2.29. The molecule has 0 unspecified atom stereocenters. The summed E-state index contributed by atoms with van der Waals surface area (Å²) in [6, 6.07) is 10.7. The molecular formula is C21H21F2NO3. The Morgan fingerprint density at radius 3 is 2.37 bits per heavy atom. The van der Waals surface area contributed by atoms with Crippen LogP contribution in [0.25, 0.3) is 0 Å². The largest absolute Gasteiger partial charge is 0.461 e. The summed E-state index contributed by atoms with van der Waals surface area (Å²) in [5.74, 6) is -2.65. The van der Waals surface area contributed by atoms with Gasteiger partial charge < -0.3 is 9.64 Å². The van der Waals surface area contributed by atoms with Gasteiger partial charge in [0.2, 0.25) is 0 Å². The number of carbonyl (C=O) groups is 2. The average Bonchev–Trinajstić information content (AvgIpc) is 2.67. The molecule has 0 radical (unpaired) electrons. The normalized spacial score (nSPS) is 14.9. The van der Waals surface area contributed by atoms with Crippen molar-refractivity contribution in [3.05, 3.63) is 70.8 Å². The van der Waals surface area contributed by atoms with Gasteiger partial charge in [-0.15, -0.1) is 0 Å². The van der Waals surface area contributed by atoms with Crippen molar-refractivity contribution in [1.82, 2.24) is 4.90 Å². The zero-order valence-corrected chi connectivity index (χ0v) is 15.1. The van der Waals surface area contributed by atoms with Crippen molar-refractivity contribution in [2.45, 2.75) is 26.4 Å². The maximum atomic E-state index is 13.8. The van der Waals surface area contributed by atoms with Crippen LogP contribution in [0.3, 0.4) is 0 Å². The predicted octanol–water partition coefficient (Wildman–Crippen LogP) is 3.87. The summed E-state index contributed by atoms with van der Waals surface area (Å²) in [6.45, 7) is 2.88. The molecule has 1 heterocycles. The van der Waals surface area contributed by atoms with E-state index < -0.39 is 17.5 Å². The van der Waals surface area contributed by atoms with E-state index in [-0.39, 0.29) is 24.1 Å². The molecular weight excluding hydrogens is 352 g/mol. The maximum Gasteiger partial charge on any atom is 0.309 e. The molecule has 0 bridgehead atoms. The van der Waals surface area contributed by atoms with Gasteiger partial charge in [-0.05, 0) is 37.5 Å². The number of nitrogens with zero attached hydrogens (tertiary/aromatic N) is 1. The molecule has 1 amide bonds. The van der Waals surface area contributed by atoms with E-state index in [0.29, 0.717) is 32.0 Å². The molecule has 1 aliphatic heterocycles. The van der Waals surface area contributed by atoms with Crippen molar-refractivity contribution in [2.75, 3.05) is 13.1 Å². The molecule has 0 N–H and O–H groups in total. The van der Waals surface area contributed by atoms with E-state index in [1.807, 2.05) is 31.2 Å². The van der Waals surface area contributed by atoms with Gasteiger partial charge >= 0.3 is 5.97 Å². The minimum atomic E-state index is -0.875. The first-order chi connectivity index (χ1) is 12.9. The van der Waals surface area contributed by atoms with E-state index in [2.05, 4.69) is 0 Å². The van der Waals surface area contributed by atoms with E-state index in [9.17, 15) is 18.4 Å². The van der Waals surface area contributed by atoms with Crippen LogP contribution < -0.4 is 0 Å². The highest BCUT2D eigenvalue weighted by atomic mass is 19.1. The molecule has 0 spiro atoms. The Balaban J connectivity index is 1.51. The molecule has 6 heteroatoms. The first-order valence-electron chi connectivity index (χ1n) is 8.90. The number of hydrogen-bond acceptors (Lipinski definition) is 3. The van der Waals surface area contributed by atoms with Crippen molar-refractivity contribution in [3.63, 3.8) is 0 Å². The Morgan fingerprint density at radius 1 is 1.07 bits per heavy atom. The number of aryl methyl sites for hydroxylation is 1. The zero-order chi connectivity index (χ0) is 19.4. The summed E-state index contributed by atoms with van der Waals surface area (Å²) >= 11 is 0. The van der Waals surface area contributed by atoms with Gasteiger partial charge in [-0.25, -0.2) is 8.78 Å². The number of ether oxygens (including phenoxy) is 1. The van der Waals surface area contributed by atoms with Crippen LogP contribution in [0.4, 0.5) is 8.78 Å². The van der Waals surface area contributed by atoms with Crippen LogP contribution in [0.5, 0.6) is 0 Å². The van der Waals surface area contributed by atoms with Gasteiger partial charge in [0, 0.05) is 19.2 Å². The molecule has 1 saturated heterocycles. The lowest BCUT2D eigenvalue weighted by Crippen LogP contribution is -2.41. The highest BCUT2D eigenvalue weighted by Crippen LogP contribution is 2.22. The molecule has 2 aromatic rings. The van der Waals surface area contributed by atoms with Gasteiger partial charge in [0.05, 0.1) is 11.5 Å². The minimum absolute atomic E-state index is 0.156. The smallest absolute Gasteiger partial charge is 0.309 e. The number of benzene rings is 2. The van der Waals surface area contributed by atoms with Crippen LogP contribution >= 0.6 is 0 Å². The number of halogens is 2. The minimum Gasteiger partial charge on any atom is -0.461 e. The standard InChI is InChI=1S/C21H21F2NO3/c1-14-2-4-15(5-3-14)13-27-21(26)16-8-10-24(11-9-16)20(25)18-7-6-17(22)12-19(18)23/h2-7,12,16H,8-11,13H2,1H3. The van der Waals surface area contributed by atoms with Crippen LogP contribution in [0.15, 0.2) is 42.5 Å². The highest BCUT2D eigenvalue weighted by molar-refractivity contribution is 5.94. The maximum absolute atomic E-state index is 13.8. The lowest BCUT2D eigenvalue weighted by Gasteiger charge is -2.31. The van der Waals surface area contributed by atoms with Crippen LogP contribution in [0.2, 0.25) is 0 Å². The first-order valence-corrected chi connectivity index (χ1v) is 8.90. The van der Waals surface area contributed by atoms with Crippen molar-refractivity contribution in [2.24, 2.45) is 5.92 Å². The number of rotatable bonds is 4. The van der Waals surface area contributed by atoms with Crippen molar-refractivity contribution in [1.29, 1.82) is 0 Å². The Bertz CT molecular complexity index is 828. The third kappa shape index (κ3) is 4.70.